The molecule has 0 radical (unpaired) electrons. The van der Waals surface area contributed by atoms with E-state index in [1.807, 2.05) is 0 Å². The summed E-state index contributed by atoms with van der Waals surface area (Å²) in [5, 5.41) is 8.79. The third-order valence-corrected chi connectivity index (χ3v) is 2.06. The van der Waals surface area contributed by atoms with Crippen molar-refractivity contribution in [1.29, 1.82) is 0 Å². The molecule has 0 bridgehead atoms. The molecule has 1 unspecified atom stereocenters. The Balaban J connectivity index is 2.84. The Labute approximate surface area is 92.4 Å². The van der Waals surface area contributed by atoms with Gasteiger partial charge in [0.2, 0.25) is 6.08 Å². The molecule has 5 heteroatoms. The largest absolute Gasteiger partial charge is 0.497 e. The summed E-state index contributed by atoms with van der Waals surface area (Å²) >= 11 is 0. The van der Waals surface area contributed by atoms with Crippen LogP contribution in [0, 0.1) is 0 Å². The van der Waals surface area contributed by atoms with Crippen molar-refractivity contribution in [2.45, 2.75) is 12.5 Å². The zero-order valence-electron chi connectivity index (χ0n) is 8.71. The fourth-order valence-electron chi connectivity index (χ4n) is 1.27. The van der Waals surface area contributed by atoms with E-state index < -0.39 is 12.0 Å². The van der Waals surface area contributed by atoms with Gasteiger partial charge in [-0.1, -0.05) is 12.1 Å². The summed E-state index contributed by atoms with van der Waals surface area (Å²) in [5.41, 5.74) is 0.741. The highest BCUT2D eigenvalue weighted by Gasteiger charge is 2.16. The number of nitrogens with zero attached hydrogens (tertiary/aromatic N) is 1. The van der Waals surface area contributed by atoms with E-state index >= 15 is 0 Å². The van der Waals surface area contributed by atoms with Crippen molar-refractivity contribution < 1.29 is 19.4 Å². The monoisotopic (exact) mass is 221 g/mol. The van der Waals surface area contributed by atoms with Crippen molar-refractivity contribution in [1.82, 2.24) is 0 Å². The predicted octanol–water partition coefficient (Wildman–Crippen LogP) is 1.03. The predicted molar refractivity (Wildman–Crippen MR) is 56.2 cm³/mol. The van der Waals surface area contributed by atoms with Crippen LogP contribution in [0.4, 0.5) is 0 Å². The number of carboxylic acids is 1. The van der Waals surface area contributed by atoms with E-state index in [2.05, 4.69) is 4.99 Å². The van der Waals surface area contributed by atoms with Gasteiger partial charge in [0.15, 0.2) is 6.04 Å². The summed E-state index contributed by atoms with van der Waals surface area (Å²) in [4.78, 5) is 24.0. The Morgan fingerprint density at radius 1 is 1.62 bits per heavy atom. The zero-order chi connectivity index (χ0) is 12.0. The van der Waals surface area contributed by atoms with Crippen LogP contribution in [0.2, 0.25) is 0 Å². The first-order valence-electron chi connectivity index (χ1n) is 4.60. The van der Waals surface area contributed by atoms with E-state index in [1.54, 1.807) is 24.3 Å². The molecule has 1 aromatic rings. The van der Waals surface area contributed by atoms with E-state index in [-0.39, 0.29) is 6.42 Å². The highest BCUT2D eigenvalue weighted by Crippen LogP contribution is 2.14. The number of hydrogen-bond acceptors (Lipinski definition) is 4. The van der Waals surface area contributed by atoms with Crippen molar-refractivity contribution in [3.05, 3.63) is 29.8 Å². The van der Waals surface area contributed by atoms with E-state index in [9.17, 15) is 9.59 Å². The number of ether oxygens (including phenoxy) is 1. The molecule has 0 heterocycles. The number of carbonyl (C=O) groups excluding carboxylic acids is 1. The molecule has 1 aromatic carbocycles. The fourth-order valence-corrected chi connectivity index (χ4v) is 1.27. The van der Waals surface area contributed by atoms with Gasteiger partial charge in [-0.05, 0) is 17.7 Å². The molecule has 1 atom stereocenters. The second-order valence-corrected chi connectivity index (χ2v) is 3.13. The second-order valence-electron chi connectivity index (χ2n) is 3.13. The highest BCUT2D eigenvalue weighted by molar-refractivity contribution is 5.75. The number of isocyanates is 1. The van der Waals surface area contributed by atoms with Gasteiger partial charge in [-0.3, -0.25) is 0 Å². The van der Waals surface area contributed by atoms with Gasteiger partial charge in [0.05, 0.1) is 7.11 Å². The lowest BCUT2D eigenvalue weighted by Crippen LogP contribution is -2.20. The number of aliphatic imine (C=N–C) groups is 1. The molecule has 84 valence electrons. The Morgan fingerprint density at radius 2 is 2.38 bits per heavy atom. The van der Waals surface area contributed by atoms with Crippen molar-refractivity contribution in [3.63, 3.8) is 0 Å². The smallest absolute Gasteiger partial charge is 0.329 e. The summed E-state index contributed by atoms with van der Waals surface area (Å²) in [6, 6.07) is 5.86. The molecule has 0 aromatic heterocycles. The standard InChI is InChI=1S/C11H11NO4/c1-16-9-4-2-3-8(5-9)6-10(11(14)15)12-7-13/h2-5,10H,6H2,1H3,(H,14,15). The number of hydrogen-bond donors (Lipinski definition) is 1. The second kappa shape index (κ2) is 5.68. The first kappa shape index (κ1) is 11.9. The quantitative estimate of drug-likeness (QED) is 0.595. The summed E-state index contributed by atoms with van der Waals surface area (Å²) in [6.07, 6.45) is 1.40. The maximum absolute atomic E-state index is 10.7. The van der Waals surface area contributed by atoms with Crippen LogP contribution >= 0.6 is 0 Å². The highest BCUT2D eigenvalue weighted by atomic mass is 16.5. The van der Waals surface area contributed by atoms with Crippen molar-refractivity contribution in [3.8, 4) is 5.75 Å². The van der Waals surface area contributed by atoms with Gasteiger partial charge in [0.1, 0.15) is 5.75 Å². The van der Waals surface area contributed by atoms with Gasteiger partial charge in [-0.2, -0.15) is 4.99 Å². The molecular weight excluding hydrogens is 210 g/mol. The first-order chi connectivity index (χ1) is 7.67. The first-order valence-corrected chi connectivity index (χ1v) is 4.60. The van der Waals surface area contributed by atoms with E-state index in [0.29, 0.717) is 5.75 Å². The Kier molecular flexibility index (Phi) is 4.24. The van der Waals surface area contributed by atoms with Crippen LogP contribution in [0.1, 0.15) is 5.56 Å². The Bertz CT molecular complexity index is 422. The van der Waals surface area contributed by atoms with E-state index in [1.165, 1.54) is 13.2 Å². The number of aliphatic carboxylic acids is 1. The molecule has 1 N–H and O–H groups in total. The van der Waals surface area contributed by atoms with Crippen molar-refractivity contribution >= 4 is 12.0 Å². The zero-order valence-corrected chi connectivity index (χ0v) is 8.71. The molecule has 5 nitrogen and oxygen atoms in total. The summed E-state index contributed by atoms with van der Waals surface area (Å²) < 4.78 is 5.00. The maximum Gasteiger partial charge on any atom is 0.329 e. The number of carbonyl (C=O) groups is 1. The summed E-state index contributed by atoms with van der Waals surface area (Å²) in [7, 11) is 1.53. The number of methoxy groups -OCH3 is 1. The van der Waals surface area contributed by atoms with Gasteiger partial charge in [0.25, 0.3) is 0 Å². The SMILES string of the molecule is COc1cccc(CC(N=C=O)C(=O)O)c1. The minimum absolute atomic E-state index is 0.141. The lowest BCUT2D eigenvalue weighted by atomic mass is 10.1. The minimum Gasteiger partial charge on any atom is -0.497 e. The lowest BCUT2D eigenvalue weighted by Gasteiger charge is -2.06. The molecule has 16 heavy (non-hydrogen) atoms. The maximum atomic E-state index is 10.7. The molecule has 0 aliphatic carbocycles. The van der Waals surface area contributed by atoms with Crippen LogP contribution in [0.5, 0.6) is 5.75 Å². The Hall–Kier alpha value is -2.13. The van der Waals surface area contributed by atoms with Crippen molar-refractivity contribution in [2.75, 3.05) is 7.11 Å². The third-order valence-electron chi connectivity index (χ3n) is 2.06. The topological polar surface area (TPSA) is 76.0 Å². The van der Waals surface area contributed by atoms with E-state index in [4.69, 9.17) is 9.84 Å². The van der Waals surface area contributed by atoms with Crippen LogP contribution in [0.3, 0.4) is 0 Å². The number of benzene rings is 1. The van der Waals surface area contributed by atoms with Crippen molar-refractivity contribution in [2.24, 2.45) is 4.99 Å². The van der Waals surface area contributed by atoms with E-state index in [0.717, 1.165) is 5.56 Å². The normalized spacial score (nSPS) is 11.3. The number of rotatable bonds is 5. The van der Waals surface area contributed by atoms with Gasteiger partial charge in [-0.25, -0.2) is 9.59 Å². The van der Waals surface area contributed by atoms with Crippen LogP contribution in [-0.2, 0) is 16.0 Å². The molecular formula is C11H11NO4. The molecule has 0 amide bonds. The van der Waals surface area contributed by atoms with Crippen LogP contribution in [0.25, 0.3) is 0 Å². The molecule has 0 saturated heterocycles. The summed E-state index contributed by atoms with van der Waals surface area (Å²) in [5.74, 6) is -0.511. The molecule has 0 spiro atoms. The van der Waals surface area contributed by atoms with Crippen LogP contribution < -0.4 is 4.74 Å². The van der Waals surface area contributed by atoms with Crippen LogP contribution in [0.15, 0.2) is 29.3 Å². The van der Waals surface area contributed by atoms with Gasteiger partial charge in [-0.15, -0.1) is 0 Å². The molecule has 1 rings (SSSR count). The van der Waals surface area contributed by atoms with Gasteiger partial charge in [0, 0.05) is 6.42 Å². The summed E-state index contributed by atoms with van der Waals surface area (Å²) in [6.45, 7) is 0. The molecule has 0 aliphatic rings. The fraction of sp³-hybridized carbons (Fsp3) is 0.273. The van der Waals surface area contributed by atoms with Crippen LogP contribution in [-0.4, -0.2) is 30.3 Å². The average Bonchev–Trinajstić information content (AvgIpc) is 2.28. The minimum atomic E-state index is -1.15. The molecule has 0 saturated carbocycles. The third kappa shape index (κ3) is 3.22. The molecule has 0 aliphatic heterocycles. The van der Waals surface area contributed by atoms with Gasteiger partial charge < -0.3 is 9.84 Å². The average molecular weight is 221 g/mol. The Morgan fingerprint density at radius 3 is 2.94 bits per heavy atom. The molecule has 0 fully saturated rings. The number of carboxylic acid groups (broad SMARTS) is 1. The lowest BCUT2D eigenvalue weighted by molar-refractivity contribution is -0.138. The van der Waals surface area contributed by atoms with Gasteiger partial charge >= 0.3 is 5.97 Å².